The Balaban J connectivity index is 0.00000220. The second-order valence-electron chi connectivity index (χ2n) is 4.48. The van der Waals surface area contributed by atoms with Crippen LogP contribution in [-0.4, -0.2) is 22.7 Å². The van der Waals surface area contributed by atoms with Crippen molar-refractivity contribution in [2.75, 3.05) is 7.05 Å². The van der Waals surface area contributed by atoms with Gasteiger partial charge in [0.1, 0.15) is 6.04 Å². The van der Waals surface area contributed by atoms with Crippen LogP contribution in [0, 0.1) is 0 Å². The van der Waals surface area contributed by atoms with Gasteiger partial charge < -0.3 is 10.6 Å². The Morgan fingerprint density at radius 1 is 1.43 bits per heavy atom. The van der Waals surface area contributed by atoms with E-state index in [1.54, 1.807) is 17.9 Å². The fourth-order valence-corrected chi connectivity index (χ4v) is 2.39. The highest BCUT2D eigenvalue weighted by Crippen LogP contribution is 2.16. The molecule has 1 aromatic carbocycles. The van der Waals surface area contributed by atoms with E-state index < -0.39 is 6.04 Å². The maximum absolute atomic E-state index is 12.2. The number of halogens is 2. The lowest BCUT2D eigenvalue weighted by Gasteiger charge is -2.15. The van der Waals surface area contributed by atoms with Crippen LogP contribution in [-0.2, 0) is 18.4 Å². The van der Waals surface area contributed by atoms with Gasteiger partial charge in [0.2, 0.25) is 5.91 Å². The predicted octanol–water partition coefficient (Wildman–Crippen LogP) is 2.18. The molecule has 0 radical (unpaired) electrons. The van der Waals surface area contributed by atoms with Gasteiger partial charge in [-0.15, -0.1) is 12.4 Å². The van der Waals surface area contributed by atoms with E-state index in [0.29, 0.717) is 6.54 Å². The molecule has 2 N–H and O–H groups in total. The zero-order valence-corrected chi connectivity index (χ0v) is 14.2. The van der Waals surface area contributed by atoms with Crippen LogP contribution in [0.2, 0.25) is 0 Å². The third-order valence-corrected chi connectivity index (χ3v) is 3.79. The Bertz CT molecular complexity index is 602. The Morgan fingerprint density at radius 2 is 2.14 bits per heavy atom. The van der Waals surface area contributed by atoms with Crippen molar-refractivity contribution < 1.29 is 4.79 Å². The molecule has 114 valence electrons. The fraction of sp³-hybridized carbons (Fsp3) is 0.286. The van der Waals surface area contributed by atoms with Crippen LogP contribution in [0.1, 0.15) is 17.2 Å². The number of aryl methyl sites for hydroxylation is 1. The summed E-state index contributed by atoms with van der Waals surface area (Å²) in [5.74, 6) is -0.0729. The van der Waals surface area contributed by atoms with Gasteiger partial charge in [-0.3, -0.25) is 9.48 Å². The number of rotatable bonds is 5. The maximum Gasteiger partial charge on any atom is 0.242 e. The second-order valence-corrected chi connectivity index (χ2v) is 5.33. The van der Waals surface area contributed by atoms with Crippen molar-refractivity contribution in [1.82, 2.24) is 20.4 Å². The van der Waals surface area contributed by atoms with E-state index in [9.17, 15) is 4.79 Å². The average Bonchev–Trinajstić information content (AvgIpc) is 2.85. The number of likely N-dealkylation sites (N-methyl/N-ethyl adjacent to an activating group) is 1. The lowest BCUT2D eigenvalue weighted by Crippen LogP contribution is -2.35. The Morgan fingerprint density at radius 3 is 2.71 bits per heavy atom. The maximum atomic E-state index is 12.2. The smallest absolute Gasteiger partial charge is 0.242 e. The first-order valence-electron chi connectivity index (χ1n) is 6.28. The Kier molecular flexibility index (Phi) is 6.87. The number of nitrogens with one attached hydrogen (secondary N) is 2. The highest BCUT2D eigenvalue weighted by molar-refractivity contribution is 9.10. The van der Waals surface area contributed by atoms with Gasteiger partial charge >= 0.3 is 0 Å². The molecule has 0 fully saturated rings. The number of aromatic nitrogens is 2. The molecule has 1 aromatic heterocycles. The van der Waals surface area contributed by atoms with Crippen molar-refractivity contribution in [2.45, 2.75) is 12.6 Å². The number of nitrogens with zero attached hydrogens (tertiary/aromatic N) is 2. The molecule has 7 heteroatoms. The molecule has 1 unspecified atom stereocenters. The van der Waals surface area contributed by atoms with E-state index in [-0.39, 0.29) is 18.3 Å². The van der Waals surface area contributed by atoms with Gasteiger partial charge in [0.25, 0.3) is 0 Å². The summed E-state index contributed by atoms with van der Waals surface area (Å²) >= 11 is 3.47. The van der Waals surface area contributed by atoms with E-state index in [2.05, 4.69) is 31.7 Å². The first kappa shape index (κ1) is 17.7. The molecule has 1 heterocycles. The van der Waals surface area contributed by atoms with Crippen LogP contribution in [0.4, 0.5) is 0 Å². The van der Waals surface area contributed by atoms with Crippen LogP contribution in [0.3, 0.4) is 0 Å². The Labute approximate surface area is 138 Å². The zero-order chi connectivity index (χ0) is 14.5. The van der Waals surface area contributed by atoms with E-state index >= 15 is 0 Å². The molecule has 2 aromatic rings. The molecule has 0 saturated carbocycles. The van der Waals surface area contributed by atoms with E-state index in [0.717, 1.165) is 15.6 Å². The van der Waals surface area contributed by atoms with Gasteiger partial charge in [-0.2, -0.15) is 5.10 Å². The van der Waals surface area contributed by atoms with Crippen molar-refractivity contribution >= 4 is 34.2 Å². The molecular weight excluding hydrogens is 356 g/mol. The molecule has 2 rings (SSSR count). The van der Waals surface area contributed by atoms with Gasteiger partial charge in [0.05, 0.1) is 6.20 Å². The fourth-order valence-electron chi connectivity index (χ4n) is 1.96. The van der Waals surface area contributed by atoms with Crippen LogP contribution in [0.25, 0.3) is 0 Å². The largest absolute Gasteiger partial charge is 0.350 e. The van der Waals surface area contributed by atoms with E-state index in [1.165, 1.54) is 0 Å². The number of hydrogen-bond acceptors (Lipinski definition) is 3. The lowest BCUT2D eigenvalue weighted by atomic mass is 10.1. The van der Waals surface area contributed by atoms with Gasteiger partial charge in [-0.1, -0.05) is 34.1 Å². The monoisotopic (exact) mass is 372 g/mol. The summed E-state index contributed by atoms with van der Waals surface area (Å²) in [6, 6.07) is 7.43. The first-order chi connectivity index (χ1) is 9.61. The summed E-state index contributed by atoms with van der Waals surface area (Å²) in [5, 5.41) is 10.0. The standard InChI is InChI=1S/C14H17BrN4O.ClH/c1-16-13(11-8-18-19(2)9-11)14(20)17-7-10-5-3-4-6-12(10)15;/h3-6,8-9,13,16H,7H2,1-2H3,(H,17,20);1H. The van der Waals surface area contributed by atoms with Gasteiger partial charge in [-0.25, -0.2) is 0 Å². The SMILES string of the molecule is CNC(C(=O)NCc1ccccc1Br)c1cnn(C)c1.Cl. The summed E-state index contributed by atoms with van der Waals surface area (Å²) in [6.07, 6.45) is 3.53. The number of amides is 1. The van der Waals surface area contributed by atoms with Crippen LogP contribution in [0.5, 0.6) is 0 Å². The number of hydrogen-bond donors (Lipinski definition) is 2. The van der Waals surface area contributed by atoms with Crippen molar-refractivity contribution in [3.8, 4) is 0 Å². The lowest BCUT2D eigenvalue weighted by molar-refractivity contribution is -0.123. The molecule has 0 bridgehead atoms. The molecule has 21 heavy (non-hydrogen) atoms. The predicted molar refractivity (Wildman–Crippen MR) is 88.2 cm³/mol. The zero-order valence-electron chi connectivity index (χ0n) is 11.8. The minimum atomic E-state index is -0.397. The summed E-state index contributed by atoms with van der Waals surface area (Å²) in [5.41, 5.74) is 1.89. The topological polar surface area (TPSA) is 59.0 Å². The number of benzene rings is 1. The molecular formula is C14H18BrClN4O. The van der Waals surface area contributed by atoms with Gasteiger partial charge in [0, 0.05) is 29.8 Å². The quantitative estimate of drug-likeness (QED) is 0.844. The average molecular weight is 374 g/mol. The highest BCUT2D eigenvalue weighted by Gasteiger charge is 2.19. The van der Waals surface area contributed by atoms with Crippen LogP contribution in [0.15, 0.2) is 41.1 Å². The van der Waals surface area contributed by atoms with Gasteiger partial charge in [0.15, 0.2) is 0 Å². The van der Waals surface area contributed by atoms with Crippen LogP contribution >= 0.6 is 28.3 Å². The number of carbonyl (C=O) groups excluding carboxylic acids is 1. The molecule has 0 aliphatic carbocycles. The van der Waals surface area contributed by atoms with E-state index in [1.807, 2.05) is 37.5 Å². The summed E-state index contributed by atoms with van der Waals surface area (Å²) in [7, 11) is 3.59. The van der Waals surface area contributed by atoms with Crippen LogP contribution < -0.4 is 10.6 Å². The third-order valence-electron chi connectivity index (χ3n) is 3.02. The first-order valence-corrected chi connectivity index (χ1v) is 7.08. The summed E-state index contributed by atoms with van der Waals surface area (Å²) < 4.78 is 2.67. The molecule has 0 aliphatic heterocycles. The Hall–Kier alpha value is -1.37. The molecule has 5 nitrogen and oxygen atoms in total. The molecule has 1 amide bonds. The van der Waals surface area contributed by atoms with Crippen molar-refractivity contribution in [3.63, 3.8) is 0 Å². The minimum absolute atomic E-state index is 0. The summed E-state index contributed by atoms with van der Waals surface area (Å²) in [6.45, 7) is 0.485. The van der Waals surface area contributed by atoms with E-state index in [4.69, 9.17) is 0 Å². The van der Waals surface area contributed by atoms with Crippen molar-refractivity contribution in [1.29, 1.82) is 0 Å². The third kappa shape index (κ3) is 4.56. The van der Waals surface area contributed by atoms with Crippen molar-refractivity contribution in [3.05, 3.63) is 52.3 Å². The normalized spacial score (nSPS) is 11.6. The molecule has 0 spiro atoms. The highest BCUT2D eigenvalue weighted by atomic mass is 79.9. The van der Waals surface area contributed by atoms with Gasteiger partial charge in [-0.05, 0) is 18.7 Å². The minimum Gasteiger partial charge on any atom is -0.350 e. The molecule has 0 saturated heterocycles. The molecule has 0 aliphatic rings. The molecule has 1 atom stereocenters. The summed E-state index contributed by atoms with van der Waals surface area (Å²) in [4.78, 5) is 12.2. The second kappa shape index (κ2) is 8.17. The number of carbonyl (C=O) groups is 1. The van der Waals surface area contributed by atoms with Crippen molar-refractivity contribution in [2.24, 2.45) is 7.05 Å².